The first-order valence-corrected chi connectivity index (χ1v) is 6.19. The van der Waals surface area contributed by atoms with Crippen LogP contribution in [0.4, 0.5) is 0 Å². The van der Waals surface area contributed by atoms with Crippen molar-refractivity contribution in [2.24, 2.45) is 7.05 Å². The first-order valence-electron chi connectivity index (χ1n) is 6.69. The lowest BCUT2D eigenvalue weighted by molar-refractivity contribution is 0.287. The number of benzene rings is 1. The fourth-order valence-electron chi connectivity index (χ4n) is 1.80. The van der Waals surface area contributed by atoms with Crippen LogP contribution in [0.25, 0.3) is 5.69 Å². The maximum absolute atomic E-state index is 11.9. The topological polar surface area (TPSA) is 88.0 Å². The van der Waals surface area contributed by atoms with Crippen molar-refractivity contribution in [2.45, 2.75) is 13.5 Å². The van der Waals surface area contributed by atoms with Gasteiger partial charge in [0, 0.05) is 7.05 Å². The molecule has 0 unspecified atom stereocenters. The largest absolute Gasteiger partial charge is 0.487 e. The molecule has 0 fully saturated rings. The van der Waals surface area contributed by atoms with Gasteiger partial charge in [-0.2, -0.15) is 9.36 Å². The van der Waals surface area contributed by atoms with Gasteiger partial charge in [0.15, 0.2) is 0 Å². The number of aromatic nitrogens is 5. The standard InChI is InChI=1S/C13H13N5O3/c1-9-5-3-4-6-12(9)20-7-10-11(8-21-14-10)18-13(19)17(2)15-16-18/h3-6,8H,7H2,1-2H3/i3T. The Morgan fingerprint density at radius 1 is 1.43 bits per heavy atom. The van der Waals surface area contributed by atoms with E-state index in [0.29, 0.717) is 23.2 Å². The maximum Gasteiger partial charge on any atom is 0.368 e. The minimum Gasteiger partial charge on any atom is -0.487 e. The molecule has 0 amide bonds. The fraction of sp³-hybridized carbons (Fsp3) is 0.231. The van der Waals surface area contributed by atoms with Gasteiger partial charge in [-0.1, -0.05) is 23.3 Å². The Bertz CT molecular complexity index is 867. The molecular weight excluding hydrogens is 274 g/mol. The summed E-state index contributed by atoms with van der Waals surface area (Å²) in [5.41, 5.74) is 1.25. The summed E-state index contributed by atoms with van der Waals surface area (Å²) in [4.78, 5) is 11.9. The van der Waals surface area contributed by atoms with Gasteiger partial charge in [-0.25, -0.2) is 4.79 Å². The number of para-hydroxylation sites is 1. The van der Waals surface area contributed by atoms with Crippen molar-refractivity contribution in [3.05, 3.63) is 52.2 Å². The number of hydrogen-bond acceptors (Lipinski definition) is 6. The van der Waals surface area contributed by atoms with Gasteiger partial charge in [0.25, 0.3) is 0 Å². The predicted octanol–water partition coefficient (Wildman–Crippen LogP) is 0.841. The first-order chi connectivity index (χ1) is 10.6. The molecule has 1 aromatic carbocycles. The monoisotopic (exact) mass is 289 g/mol. The smallest absolute Gasteiger partial charge is 0.368 e. The lowest BCUT2D eigenvalue weighted by Crippen LogP contribution is -2.22. The van der Waals surface area contributed by atoms with Crippen molar-refractivity contribution in [1.29, 1.82) is 0 Å². The highest BCUT2D eigenvalue weighted by atomic mass is 16.5. The molecular formula is C13H13N5O3. The van der Waals surface area contributed by atoms with E-state index in [4.69, 9.17) is 10.6 Å². The molecule has 2 aromatic heterocycles. The van der Waals surface area contributed by atoms with E-state index in [-0.39, 0.29) is 6.61 Å². The van der Waals surface area contributed by atoms with E-state index in [1.54, 1.807) is 18.2 Å². The third-order valence-corrected chi connectivity index (χ3v) is 2.96. The van der Waals surface area contributed by atoms with Crippen LogP contribution in [0.2, 0.25) is 0 Å². The Hall–Kier alpha value is -2.90. The Kier molecular flexibility index (Phi) is 2.96. The maximum atomic E-state index is 11.9. The van der Waals surface area contributed by atoms with E-state index in [9.17, 15) is 4.79 Å². The summed E-state index contributed by atoms with van der Waals surface area (Å²) in [5.74, 6) is 0.636. The van der Waals surface area contributed by atoms with Gasteiger partial charge >= 0.3 is 5.69 Å². The van der Waals surface area contributed by atoms with Crippen molar-refractivity contribution in [3.8, 4) is 11.4 Å². The molecule has 0 atom stereocenters. The Balaban J connectivity index is 1.84. The minimum atomic E-state index is -0.404. The van der Waals surface area contributed by atoms with Crippen LogP contribution < -0.4 is 10.4 Å². The molecule has 108 valence electrons. The summed E-state index contributed by atoms with van der Waals surface area (Å²) in [6.45, 7) is 1.96. The molecule has 0 aliphatic heterocycles. The zero-order chi connectivity index (χ0) is 15.7. The molecule has 0 saturated carbocycles. The highest BCUT2D eigenvalue weighted by molar-refractivity contribution is 5.34. The fourth-order valence-corrected chi connectivity index (χ4v) is 1.80. The van der Waals surface area contributed by atoms with E-state index in [0.717, 1.165) is 14.9 Å². The highest BCUT2D eigenvalue weighted by Crippen LogP contribution is 2.19. The average molecular weight is 289 g/mol. The van der Waals surface area contributed by atoms with Crippen LogP contribution in [-0.4, -0.2) is 24.9 Å². The van der Waals surface area contributed by atoms with Crippen LogP contribution in [0.5, 0.6) is 5.75 Å². The van der Waals surface area contributed by atoms with Gasteiger partial charge in [0.1, 0.15) is 30.0 Å². The summed E-state index contributed by atoms with van der Waals surface area (Å²) in [6.07, 6.45) is 1.31. The van der Waals surface area contributed by atoms with E-state index < -0.39 is 5.69 Å². The van der Waals surface area contributed by atoms with E-state index in [1.807, 2.05) is 6.92 Å². The van der Waals surface area contributed by atoms with Crippen LogP contribution in [0.3, 0.4) is 0 Å². The SMILES string of the molecule is [3H]c1ccc(OCc2nocc2-n2nnn(C)c2=O)c(C)c1. The Morgan fingerprint density at radius 3 is 3.00 bits per heavy atom. The van der Waals surface area contributed by atoms with Crippen molar-refractivity contribution < 1.29 is 10.6 Å². The quantitative estimate of drug-likeness (QED) is 0.707. The molecule has 8 nitrogen and oxygen atoms in total. The number of hydrogen-bond donors (Lipinski definition) is 0. The van der Waals surface area contributed by atoms with Gasteiger partial charge in [0.2, 0.25) is 0 Å². The molecule has 0 aliphatic rings. The second kappa shape index (κ2) is 5.23. The summed E-state index contributed by atoms with van der Waals surface area (Å²) in [7, 11) is 1.50. The second-order valence-corrected chi connectivity index (χ2v) is 4.42. The number of rotatable bonds is 4. The van der Waals surface area contributed by atoms with Crippen LogP contribution in [0.1, 0.15) is 12.6 Å². The highest BCUT2D eigenvalue weighted by Gasteiger charge is 2.15. The zero-order valence-corrected chi connectivity index (χ0v) is 11.5. The van der Waals surface area contributed by atoms with E-state index in [2.05, 4.69) is 15.6 Å². The van der Waals surface area contributed by atoms with Crippen LogP contribution in [0, 0.1) is 6.92 Å². The molecule has 8 heteroatoms. The molecule has 0 spiro atoms. The summed E-state index contributed by atoms with van der Waals surface area (Å²) in [5, 5.41) is 11.2. The lowest BCUT2D eigenvalue weighted by Gasteiger charge is -2.07. The summed E-state index contributed by atoms with van der Waals surface area (Å²) >= 11 is 0. The van der Waals surface area contributed by atoms with Crippen molar-refractivity contribution in [1.82, 2.24) is 24.9 Å². The summed E-state index contributed by atoms with van der Waals surface area (Å²) < 4.78 is 20.3. The third kappa shape index (κ3) is 2.42. The van der Waals surface area contributed by atoms with Gasteiger partial charge in [0.05, 0.1) is 1.37 Å². The number of ether oxygens (including phenoxy) is 1. The summed E-state index contributed by atoms with van der Waals surface area (Å²) in [6, 6.07) is 5.47. The molecule has 0 radical (unpaired) electrons. The lowest BCUT2D eigenvalue weighted by atomic mass is 10.2. The molecule has 0 saturated heterocycles. The van der Waals surface area contributed by atoms with Gasteiger partial charge < -0.3 is 9.26 Å². The van der Waals surface area contributed by atoms with E-state index in [1.165, 1.54) is 13.3 Å². The van der Waals surface area contributed by atoms with Gasteiger partial charge in [-0.3, -0.25) is 0 Å². The van der Waals surface area contributed by atoms with Crippen LogP contribution >= 0.6 is 0 Å². The first kappa shape index (κ1) is 11.9. The molecule has 3 aromatic rings. The van der Waals surface area contributed by atoms with Crippen molar-refractivity contribution in [2.75, 3.05) is 0 Å². The average Bonchev–Trinajstić information content (AvgIpc) is 3.06. The Morgan fingerprint density at radius 2 is 2.29 bits per heavy atom. The molecule has 21 heavy (non-hydrogen) atoms. The second-order valence-electron chi connectivity index (χ2n) is 4.42. The molecule has 0 bridgehead atoms. The number of aryl methyl sites for hydroxylation is 2. The minimum absolute atomic E-state index is 0.104. The van der Waals surface area contributed by atoms with Crippen LogP contribution in [-0.2, 0) is 13.7 Å². The molecule has 0 aliphatic carbocycles. The molecule has 3 rings (SSSR count). The normalized spacial score (nSPS) is 11.4. The Labute approximate surface area is 120 Å². The molecule has 2 heterocycles. The van der Waals surface area contributed by atoms with Crippen LogP contribution in [0.15, 0.2) is 39.8 Å². The van der Waals surface area contributed by atoms with E-state index >= 15 is 0 Å². The number of tetrazole rings is 1. The predicted molar refractivity (Wildman–Crippen MR) is 72.2 cm³/mol. The van der Waals surface area contributed by atoms with Crippen molar-refractivity contribution >= 4 is 0 Å². The van der Waals surface area contributed by atoms with Gasteiger partial charge in [-0.15, -0.1) is 0 Å². The zero-order valence-electron chi connectivity index (χ0n) is 12.5. The number of nitrogens with zero attached hydrogens (tertiary/aromatic N) is 5. The van der Waals surface area contributed by atoms with Gasteiger partial charge in [-0.05, 0) is 29.0 Å². The third-order valence-electron chi connectivity index (χ3n) is 2.96. The van der Waals surface area contributed by atoms with Crippen molar-refractivity contribution in [3.63, 3.8) is 0 Å². The molecule has 0 N–H and O–H groups in total.